The SMILES string of the molecule is Cc1ccccc1CN1C(=O)S/C(=C\c2cc(N=Nc3ccccc3Cl)ccc2O)C1=O. The van der Waals surface area contributed by atoms with Gasteiger partial charge in [0.25, 0.3) is 11.1 Å². The number of hydrogen-bond acceptors (Lipinski definition) is 6. The summed E-state index contributed by atoms with van der Waals surface area (Å²) >= 11 is 6.94. The summed E-state index contributed by atoms with van der Waals surface area (Å²) in [6.45, 7) is 2.14. The van der Waals surface area contributed by atoms with Crippen molar-refractivity contribution in [3.8, 4) is 5.75 Å². The van der Waals surface area contributed by atoms with Crippen LogP contribution in [0, 0.1) is 6.92 Å². The number of halogens is 1. The van der Waals surface area contributed by atoms with Crippen LogP contribution in [0.1, 0.15) is 16.7 Å². The minimum absolute atomic E-state index is 0.0348. The van der Waals surface area contributed by atoms with E-state index >= 15 is 0 Å². The Balaban J connectivity index is 1.57. The van der Waals surface area contributed by atoms with Crippen LogP contribution in [0.25, 0.3) is 6.08 Å². The van der Waals surface area contributed by atoms with E-state index in [0.29, 0.717) is 22.0 Å². The molecule has 0 unspecified atom stereocenters. The Kier molecular flexibility index (Phi) is 6.39. The third kappa shape index (κ3) is 4.74. The predicted octanol–water partition coefficient (Wildman–Crippen LogP) is 7.01. The smallest absolute Gasteiger partial charge is 0.293 e. The van der Waals surface area contributed by atoms with Gasteiger partial charge in [0.2, 0.25) is 0 Å². The van der Waals surface area contributed by atoms with Gasteiger partial charge in [0.05, 0.1) is 22.2 Å². The molecule has 4 rings (SSSR count). The maximum atomic E-state index is 12.9. The van der Waals surface area contributed by atoms with Crippen molar-refractivity contribution in [2.45, 2.75) is 13.5 Å². The lowest BCUT2D eigenvalue weighted by atomic mass is 10.1. The highest BCUT2D eigenvalue weighted by molar-refractivity contribution is 8.18. The number of phenols is 1. The Morgan fingerprint density at radius 1 is 1.03 bits per heavy atom. The molecule has 1 aliphatic rings. The second-order valence-electron chi connectivity index (χ2n) is 7.09. The molecular formula is C24H18ClN3O3S. The molecule has 3 aromatic rings. The van der Waals surface area contributed by atoms with Crippen LogP contribution in [0.4, 0.5) is 16.2 Å². The highest BCUT2D eigenvalue weighted by atomic mass is 35.5. The Hall–Kier alpha value is -3.42. The molecule has 0 spiro atoms. The van der Waals surface area contributed by atoms with E-state index in [0.717, 1.165) is 22.9 Å². The molecule has 32 heavy (non-hydrogen) atoms. The van der Waals surface area contributed by atoms with Gasteiger partial charge in [-0.15, -0.1) is 5.11 Å². The molecule has 6 nitrogen and oxygen atoms in total. The van der Waals surface area contributed by atoms with Crippen LogP contribution in [-0.2, 0) is 11.3 Å². The normalized spacial score (nSPS) is 15.3. The lowest BCUT2D eigenvalue weighted by molar-refractivity contribution is -0.123. The van der Waals surface area contributed by atoms with E-state index in [1.807, 2.05) is 31.2 Å². The molecule has 0 bridgehead atoms. The number of benzene rings is 3. The van der Waals surface area contributed by atoms with Crippen molar-refractivity contribution in [2.75, 3.05) is 0 Å². The van der Waals surface area contributed by atoms with Gasteiger partial charge in [-0.3, -0.25) is 14.5 Å². The van der Waals surface area contributed by atoms with Gasteiger partial charge in [-0.25, -0.2) is 0 Å². The molecular weight excluding hydrogens is 446 g/mol. The molecule has 1 N–H and O–H groups in total. The van der Waals surface area contributed by atoms with E-state index in [4.69, 9.17) is 11.6 Å². The van der Waals surface area contributed by atoms with Gasteiger partial charge in [0, 0.05) is 5.56 Å². The number of hydrogen-bond donors (Lipinski definition) is 1. The number of aromatic hydroxyl groups is 1. The quantitative estimate of drug-likeness (QED) is 0.326. The summed E-state index contributed by atoms with van der Waals surface area (Å²) < 4.78 is 0. The summed E-state index contributed by atoms with van der Waals surface area (Å²) in [6.07, 6.45) is 1.49. The number of thioether (sulfide) groups is 1. The summed E-state index contributed by atoms with van der Waals surface area (Å²) in [6, 6.07) is 19.3. The van der Waals surface area contributed by atoms with Crippen LogP contribution >= 0.6 is 23.4 Å². The first kappa shape index (κ1) is 21.8. The molecule has 1 aliphatic heterocycles. The molecule has 1 saturated heterocycles. The van der Waals surface area contributed by atoms with Gasteiger partial charge < -0.3 is 5.11 Å². The zero-order chi connectivity index (χ0) is 22.7. The van der Waals surface area contributed by atoms with Crippen molar-refractivity contribution in [2.24, 2.45) is 10.2 Å². The fraction of sp³-hybridized carbons (Fsp3) is 0.0833. The largest absolute Gasteiger partial charge is 0.507 e. The second-order valence-corrected chi connectivity index (χ2v) is 8.49. The van der Waals surface area contributed by atoms with Gasteiger partial charge in [0.1, 0.15) is 11.4 Å². The van der Waals surface area contributed by atoms with Crippen LogP contribution in [0.3, 0.4) is 0 Å². The lowest BCUT2D eigenvalue weighted by Gasteiger charge is -2.14. The highest BCUT2D eigenvalue weighted by Crippen LogP contribution is 2.36. The van der Waals surface area contributed by atoms with E-state index in [-0.39, 0.29) is 22.4 Å². The van der Waals surface area contributed by atoms with Gasteiger partial charge in [-0.2, -0.15) is 5.11 Å². The Morgan fingerprint density at radius 3 is 2.56 bits per heavy atom. The fourth-order valence-electron chi connectivity index (χ4n) is 3.10. The van der Waals surface area contributed by atoms with Crippen LogP contribution in [0.5, 0.6) is 5.75 Å². The van der Waals surface area contributed by atoms with Crippen molar-refractivity contribution in [1.82, 2.24) is 4.90 Å². The summed E-state index contributed by atoms with van der Waals surface area (Å²) in [5, 5.41) is 18.7. The third-order valence-electron chi connectivity index (χ3n) is 4.89. The number of amides is 2. The van der Waals surface area contributed by atoms with Gasteiger partial charge in [-0.05, 0) is 66.2 Å². The van der Waals surface area contributed by atoms with Gasteiger partial charge in [-0.1, -0.05) is 48.0 Å². The topological polar surface area (TPSA) is 82.3 Å². The predicted molar refractivity (Wildman–Crippen MR) is 126 cm³/mol. The molecule has 8 heteroatoms. The summed E-state index contributed by atoms with van der Waals surface area (Å²) in [5.41, 5.74) is 3.25. The van der Waals surface area contributed by atoms with E-state index in [1.54, 1.807) is 36.4 Å². The van der Waals surface area contributed by atoms with E-state index in [9.17, 15) is 14.7 Å². The number of imide groups is 1. The van der Waals surface area contributed by atoms with Crippen molar-refractivity contribution in [3.63, 3.8) is 0 Å². The molecule has 0 aliphatic carbocycles. The Morgan fingerprint density at radius 2 is 1.78 bits per heavy atom. The average molecular weight is 464 g/mol. The number of aryl methyl sites for hydroxylation is 1. The van der Waals surface area contributed by atoms with Crippen molar-refractivity contribution < 1.29 is 14.7 Å². The van der Waals surface area contributed by atoms with Gasteiger partial charge >= 0.3 is 0 Å². The third-order valence-corrected chi connectivity index (χ3v) is 6.11. The minimum Gasteiger partial charge on any atom is -0.507 e. The van der Waals surface area contributed by atoms with Gasteiger partial charge in [0.15, 0.2) is 0 Å². The molecule has 160 valence electrons. The molecule has 0 saturated carbocycles. The van der Waals surface area contributed by atoms with E-state index in [1.165, 1.54) is 17.0 Å². The van der Waals surface area contributed by atoms with E-state index in [2.05, 4.69) is 10.2 Å². The first-order valence-corrected chi connectivity index (χ1v) is 10.9. The molecule has 1 fully saturated rings. The number of azo groups is 1. The van der Waals surface area contributed by atoms with Crippen molar-refractivity contribution >= 4 is 52.0 Å². The summed E-state index contributed by atoms with van der Waals surface area (Å²) in [5.74, 6) is -0.432. The molecule has 0 radical (unpaired) electrons. The summed E-state index contributed by atoms with van der Waals surface area (Å²) in [4.78, 5) is 26.8. The zero-order valence-electron chi connectivity index (χ0n) is 17.0. The first-order valence-electron chi connectivity index (χ1n) is 9.71. The molecule has 0 atom stereocenters. The molecule has 3 aromatic carbocycles. The average Bonchev–Trinajstić information content (AvgIpc) is 3.04. The number of carbonyl (C=O) groups is 2. The van der Waals surface area contributed by atoms with Crippen LogP contribution in [-0.4, -0.2) is 21.2 Å². The number of rotatable bonds is 5. The number of nitrogens with zero attached hydrogens (tertiary/aromatic N) is 3. The molecule has 1 heterocycles. The minimum atomic E-state index is -0.397. The zero-order valence-corrected chi connectivity index (χ0v) is 18.6. The van der Waals surface area contributed by atoms with Crippen LogP contribution < -0.4 is 0 Å². The van der Waals surface area contributed by atoms with Crippen molar-refractivity contribution in [1.29, 1.82) is 0 Å². The Labute approximate surface area is 194 Å². The number of carbonyl (C=O) groups excluding carboxylic acids is 2. The maximum Gasteiger partial charge on any atom is 0.293 e. The lowest BCUT2D eigenvalue weighted by Crippen LogP contribution is -2.27. The molecule has 2 amide bonds. The standard InChI is InChI=1S/C24H18ClN3O3S/c1-15-6-2-3-7-16(15)14-28-23(30)22(32-24(28)31)13-17-12-18(10-11-21(17)29)26-27-20-9-5-4-8-19(20)25/h2-13,29H,14H2,1H3/b22-13-,27-26?. The summed E-state index contributed by atoms with van der Waals surface area (Å²) in [7, 11) is 0. The molecule has 0 aromatic heterocycles. The van der Waals surface area contributed by atoms with Crippen LogP contribution in [0.2, 0.25) is 5.02 Å². The van der Waals surface area contributed by atoms with E-state index < -0.39 is 5.91 Å². The second kappa shape index (κ2) is 9.38. The number of phenolic OH excluding ortho intramolecular Hbond substituents is 1. The van der Waals surface area contributed by atoms with Crippen LogP contribution in [0.15, 0.2) is 81.9 Å². The highest BCUT2D eigenvalue weighted by Gasteiger charge is 2.35. The van der Waals surface area contributed by atoms with Crippen molar-refractivity contribution in [3.05, 3.63) is 93.3 Å². The first-order chi connectivity index (χ1) is 15.4. The maximum absolute atomic E-state index is 12.9. The monoisotopic (exact) mass is 463 g/mol. The fourth-order valence-corrected chi connectivity index (χ4v) is 4.10. The Bertz CT molecular complexity index is 1270.